The van der Waals surface area contributed by atoms with Gasteiger partial charge in [-0.3, -0.25) is 0 Å². The van der Waals surface area contributed by atoms with Gasteiger partial charge in [0.15, 0.2) is 0 Å². The molecule has 9 nitrogen and oxygen atoms in total. The number of rotatable bonds is 6. The average Bonchev–Trinajstić information content (AvgIpc) is 3.34. The molecule has 3 aromatic rings. The van der Waals surface area contributed by atoms with Crippen LogP contribution >= 0.6 is 0 Å². The van der Waals surface area contributed by atoms with Gasteiger partial charge in [-0.05, 0) is 47.0 Å². The Hall–Kier alpha value is -3.67. The molecule has 4 rings (SSSR count). The molecule has 0 spiro atoms. The predicted molar refractivity (Wildman–Crippen MR) is 114 cm³/mol. The summed E-state index contributed by atoms with van der Waals surface area (Å²) in [6.07, 6.45) is -4.51. The molecule has 1 aliphatic heterocycles. The molecule has 0 aliphatic carbocycles. The second-order valence-electron chi connectivity index (χ2n) is 7.91. The Labute approximate surface area is 193 Å². The third kappa shape index (κ3) is 4.96. The van der Waals surface area contributed by atoms with Crippen LogP contribution in [0.15, 0.2) is 48.5 Å². The van der Waals surface area contributed by atoms with Gasteiger partial charge in [0.25, 0.3) is 5.82 Å². The van der Waals surface area contributed by atoms with Gasteiger partial charge in [-0.1, -0.05) is 30.3 Å². The third-order valence-electron chi connectivity index (χ3n) is 5.85. The van der Waals surface area contributed by atoms with Crippen LogP contribution in [0.3, 0.4) is 0 Å². The number of benzene rings is 2. The number of carboxylic acid groups (broad SMARTS) is 1. The summed E-state index contributed by atoms with van der Waals surface area (Å²) in [6.45, 7) is 0.670. The van der Waals surface area contributed by atoms with Gasteiger partial charge in [-0.2, -0.15) is 17.9 Å². The number of carbonyl (C=O) groups is 1. The molecule has 180 valence electrons. The highest BCUT2D eigenvalue weighted by Gasteiger charge is 2.38. The molecule has 1 saturated heterocycles. The number of nitrogens with one attached hydrogen (secondary N) is 1. The number of hydrogen-bond donors (Lipinski definition) is 2. The number of aromatic nitrogens is 4. The molecule has 2 atom stereocenters. The number of halogens is 3. The van der Waals surface area contributed by atoms with E-state index in [0.29, 0.717) is 41.9 Å². The van der Waals surface area contributed by atoms with Crippen LogP contribution in [0.4, 0.5) is 18.0 Å². The Morgan fingerprint density at radius 3 is 2.68 bits per heavy atom. The van der Waals surface area contributed by atoms with Crippen molar-refractivity contribution in [2.45, 2.75) is 37.6 Å². The van der Waals surface area contributed by atoms with Gasteiger partial charge >= 0.3 is 12.3 Å². The van der Waals surface area contributed by atoms with Gasteiger partial charge in [-0.15, -0.1) is 5.10 Å². The van der Waals surface area contributed by atoms with E-state index in [4.69, 9.17) is 4.74 Å². The number of amides is 1. The van der Waals surface area contributed by atoms with Gasteiger partial charge in [0.05, 0.1) is 18.8 Å². The van der Waals surface area contributed by atoms with E-state index < -0.39 is 18.1 Å². The molecule has 0 radical (unpaired) electrons. The summed E-state index contributed by atoms with van der Waals surface area (Å²) in [4.78, 5) is 13.2. The Balaban J connectivity index is 1.53. The van der Waals surface area contributed by atoms with Crippen molar-refractivity contribution in [3.8, 4) is 11.4 Å². The fourth-order valence-corrected chi connectivity index (χ4v) is 4.20. The maximum atomic E-state index is 13.2. The lowest BCUT2D eigenvalue weighted by Gasteiger charge is -2.38. The van der Waals surface area contributed by atoms with E-state index in [-0.39, 0.29) is 17.8 Å². The summed E-state index contributed by atoms with van der Waals surface area (Å²) in [7, 11) is 1.48. The Morgan fingerprint density at radius 1 is 1.24 bits per heavy atom. The van der Waals surface area contributed by atoms with Crippen molar-refractivity contribution in [2.24, 2.45) is 0 Å². The van der Waals surface area contributed by atoms with E-state index >= 15 is 0 Å². The summed E-state index contributed by atoms with van der Waals surface area (Å²) in [5.74, 6) is -0.719. The highest BCUT2D eigenvalue weighted by atomic mass is 19.4. The van der Waals surface area contributed by atoms with Crippen molar-refractivity contribution in [3.05, 3.63) is 65.5 Å². The van der Waals surface area contributed by atoms with Crippen LogP contribution in [0.5, 0.6) is 5.75 Å². The van der Waals surface area contributed by atoms with E-state index in [1.54, 1.807) is 12.1 Å². The first-order valence-corrected chi connectivity index (χ1v) is 10.6. The SMILES string of the molecule is COc1ccc(-n2nnnc2C(F)(F)F)cc1CNC1CCN(C(=O)O)[C@H](c2ccccc2)C1. The maximum absolute atomic E-state index is 13.2. The van der Waals surface area contributed by atoms with Crippen molar-refractivity contribution in [1.29, 1.82) is 0 Å². The molecule has 1 aromatic heterocycles. The molecule has 1 aliphatic rings. The minimum atomic E-state index is -4.70. The molecule has 1 fully saturated rings. The number of alkyl halides is 3. The molecule has 2 N–H and O–H groups in total. The van der Waals surface area contributed by atoms with Crippen molar-refractivity contribution < 1.29 is 27.8 Å². The average molecular weight is 476 g/mol. The topological polar surface area (TPSA) is 105 Å². The van der Waals surface area contributed by atoms with Crippen molar-refractivity contribution in [1.82, 2.24) is 30.4 Å². The number of nitrogens with zero attached hydrogens (tertiary/aromatic N) is 5. The zero-order valence-corrected chi connectivity index (χ0v) is 18.2. The summed E-state index contributed by atoms with van der Waals surface area (Å²) >= 11 is 0. The van der Waals surface area contributed by atoms with Crippen molar-refractivity contribution >= 4 is 6.09 Å². The molecule has 0 saturated carbocycles. The summed E-state index contributed by atoms with van der Waals surface area (Å²) in [6, 6.07) is 13.7. The molecule has 34 heavy (non-hydrogen) atoms. The number of tetrazole rings is 1. The quantitative estimate of drug-likeness (QED) is 0.559. The lowest BCUT2D eigenvalue weighted by Crippen LogP contribution is -2.46. The lowest BCUT2D eigenvalue weighted by molar-refractivity contribution is -0.146. The minimum Gasteiger partial charge on any atom is -0.496 e. The fourth-order valence-electron chi connectivity index (χ4n) is 4.20. The van der Waals surface area contributed by atoms with Gasteiger partial charge in [-0.25, -0.2) is 4.79 Å². The van der Waals surface area contributed by atoms with Crippen molar-refractivity contribution in [2.75, 3.05) is 13.7 Å². The zero-order chi connectivity index (χ0) is 24.3. The normalized spacial score (nSPS) is 18.6. The van der Waals surface area contributed by atoms with E-state index in [0.717, 1.165) is 5.56 Å². The molecule has 1 unspecified atom stereocenters. The molecule has 2 aromatic carbocycles. The number of ether oxygens (including phenoxy) is 1. The smallest absolute Gasteiger partial charge is 0.453 e. The highest BCUT2D eigenvalue weighted by Crippen LogP contribution is 2.32. The zero-order valence-electron chi connectivity index (χ0n) is 18.2. The first kappa shape index (κ1) is 23.5. The fraction of sp³-hybridized carbons (Fsp3) is 0.364. The molecular formula is C22H23F3N6O3. The van der Waals surface area contributed by atoms with Gasteiger partial charge in [0, 0.05) is 24.7 Å². The van der Waals surface area contributed by atoms with E-state index in [1.807, 2.05) is 30.3 Å². The van der Waals surface area contributed by atoms with Gasteiger partial charge < -0.3 is 20.1 Å². The van der Waals surface area contributed by atoms with Crippen LogP contribution in [0, 0.1) is 0 Å². The Kier molecular flexibility index (Phi) is 6.68. The maximum Gasteiger partial charge on any atom is 0.453 e. The van der Waals surface area contributed by atoms with Crippen LogP contribution in [-0.4, -0.2) is 56.0 Å². The first-order valence-electron chi connectivity index (χ1n) is 10.6. The van der Waals surface area contributed by atoms with Crippen LogP contribution in [0.25, 0.3) is 5.69 Å². The van der Waals surface area contributed by atoms with Crippen LogP contribution in [0.2, 0.25) is 0 Å². The number of likely N-dealkylation sites (tertiary alicyclic amines) is 1. The van der Waals surface area contributed by atoms with Gasteiger partial charge in [0.2, 0.25) is 0 Å². The number of methoxy groups -OCH3 is 1. The van der Waals surface area contributed by atoms with E-state index in [1.165, 1.54) is 18.1 Å². The minimum absolute atomic E-state index is 0.00654. The Bertz CT molecular complexity index is 1140. The third-order valence-corrected chi connectivity index (χ3v) is 5.85. The molecule has 2 heterocycles. The second-order valence-corrected chi connectivity index (χ2v) is 7.91. The predicted octanol–water partition coefficient (Wildman–Crippen LogP) is 3.66. The standard InChI is InChI=1S/C22H23F3N6O3/c1-34-19-8-7-17(31-20(22(23,24)25)27-28-29-31)11-15(19)13-26-16-9-10-30(21(32)33)18(12-16)14-5-3-2-4-6-14/h2-8,11,16,18,26H,9-10,12-13H2,1H3,(H,32,33)/t16?,18-/m0/s1. The summed E-state index contributed by atoms with van der Waals surface area (Å²) in [5, 5.41) is 22.8. The number of hydrogen-bond acceptors (Lipinski definition) is 6. The highest BCUT2D eigenvalue weighted by molar-refractivity contribution is 5.66. The summed E-state index contributed by atoms with van der Waals surface area (Å²) < 4.78 is 45.7. The molecular weight excluding hydrogens is 453 g/mol. The largest absolute Gasteiger partial charge is 0.496 e. The van der Waals surface area contributed by atoms with E-state index in [2.05, 4.69) is 20.8 Å². The first-order chi connectivity index (χ1) is 16.3. The molecule has 12 heteroatoms. The lowest BCUT2D eigenvalue weighted by atomic mass is 9.92. The second kappa shape index (κ2) is 9.67. The van der Waals surface area contributed by atoms with Crippen LogP contribution in [-0.2, 0) is 12.7 Å². The Morgan fingerprint density at radius 2 is 2.00 bits per heavy atom. The van der Waals surface area contributed by atoms with Crippen molar-refractivity contribution in [3.63, 3.8) is 0 Å². The molecule has 0 bridgehead atoms. The van der Waals surface area contributed by atoms with Gasteiger partial charge in [0.1, 0.15) is 5.75 Å². The summed E-state index contributed by atoms with van der Waals surface area (Å²) in [5.41, 5.74) is 1.69. The monoisotopic (exact) mass is 476 g/mol. The van der Waals surface area contributed by atoms with Crippen LogP contribution in [0.1, 0.15) is 35.8 Å². The number of piperidine rings is 1. The van der Waals surface area contributed by atoms with Crippen LogP contribution < -0.4 is 10.1 Å². The molecule has 1 amide bonds. The van der Waals surface area contributed by atoms with E-state index in [9.17, 15) is 23.1 Å².